The van der Waals surface area contributed by atoms with Crippen molar-refractivity contribution < 1.29 is 24.5 Å². The van der Waals surface area contributed by atoms with Gasteiger partial charge in [-0.1, -0.05) is 54.6 Å². The molecular weight excluding hydrogens is 428 g/mol. The van der Waals surface area contributed by atoms with Crippen LogP contribution in [0.5, 0.6) is 11.5 Å². The van der Waals surface area contributed by atoms with E-state index in [4.69, 9.17) is 14.6 Å². The van der Waals surface area contributed by atoms with E-state index in [1.165, 1.54) is 5.56 Å². The fourth-order valence-electron chi connectivity index (χ4n) is 4.20. The molecular formula is C29H30O5. The average Bonchev–Trinajstić information content (AvgIpc) is 2.84. The summed E-state index contributed by atoms with van der Waals surface area (Å²) in [6, 6.07) is 18.5. The summed E-state index contributed by atoms with van der Waals surface area (Å²) in [4.78, 5) is 11.2. The van der Waals surface area contributed by atoms with Crippen LogP contribution >= 0.6 is 0 Å². The fourth-order valence-corrected chi connectivity index (χ4v) is 4.20. The second-order valence-corrected chi connectivity index (χ2v) is 8.66. The number of fused-ring (bicyclic) bond motifs is 1. The quantitative estimate of drug-likeness (QED) is 0.434. The Balaban J connectivity index is 1.56. The molecule has 1 aliphatic heterocycles. The molecule has 5 nitrogen and oxygen atoms in total. The lowest BCUT2D eigenvalue weighted by Crippen LogP contribution is -2.18. The maximum atomic E-state index is 11.2. The van der Waals surface area contributed by atoms with Crippen LogP contribution in [0.4, 0.5) is 0 Å². The normalized spacial score (nSPS) is 13.7. The summed E-state index contributed by atoms with van der Waals surface area (Å²) in [5, 5.41) is 18.4. The van der Waals surface area contributed by atoms with Crippen molar-refractivity contribution >= 4 is 18.1 Å². The summed E-state index contributed by atoms with van der Waals surface area (Å²) >= 11 is 0. The molecule has 3 aromatic carbocycles. The van der Waals surface area contributed by atoms with E-state index in [-0.39, 0.29) is 6.61 Å². The van der Waals surface area contributed by atoms with E-state index < -0.39 is 11.9 Å². The molecule has 0 aromatic heterocycles. The topological polar surface area (TPSA) is 76.0 Å². The lowest BCUT2D eigenvalue weighted by Gasteiger charge is -2.19. The van der Waals surface area contributed by atoms with Gasteiger partial charge >= 0.3 is 5.97 Å². The zero-order chi connectivity index (χ0) is 24.1. The van der Waals surface area contributed by atoms with Gasteiger partial charge in [0.15, 0.2) is 11.5 Å². The zero-order valence-corrected chi connectivity index (χ0v) is 19.6. The zero-order valence-electron chi connectivity index (χ0n) is 19.6. The number of carboxylic acids is 1. The molecule has 1 aliphatic rings. The Morgan fingerprint density at radius 1 is 0.971 bits per heavy atom. The highest BCUT2D eigenvalue weighted by Gasteiger charge is 2.16. The molecule has 5 heteroatoms. The molecule has 0 spiro atoms. The SMILES string of the molecule is Cc1ccc(CCC(CO)C(=O)O)cc1/C=C/c1cccc(-c2ccc3c(c2)OCCO3)c1C. The molecule has 0 fully saturated rings. The van der Waals surface area contributed by atoms with E-state index >= 15 is 0 Å². The first-order valence-electron chi connectivity index (χ1n) is 11.6. The Morgan fingerprint density at radius 2 is 1.74 bits per heavy atom. The van der Waals surface area contributed by atoms with Gasteiger partial charge in [0.1, 0.15) is 13.2 Å². The summed E-state index contributed by atoms with van der Waals surface area (Å²) in [7, 11) is 0. The molecule has 0 saturated carbocycles. The number of aliphatic hydroxyl groups is 1. The molecule has 1 atom stereocenters. The van der Waals surface area contributed by atoms with Crippen LogP contribution in [0.1, 0.15) is 34.2 Å². The molecule has 3 aromatic rings. The maximum absolute atomic E-state index is 11.2. The second kappa shape index (κ2) is 10.6. The Labute approximate surface area is 200 Å². The van der Waals surface area contributed by atoms with Gasteiger partial charge in [0.2, 0.25) is 0 Å². The predicted octanol–water partition coefficient (Wildman–Crippen LogP) is 5.54. The van der Waals surface area contributed by atoms with E-state index in [0.29, 0.717) is 26.1 Å². The van der Waals surface area contributed by atoms with Crippen LogP contribution in [0.25, 0.3) is 23.3 Å². The number of benzene rings is 3. The van der Waals surface area contributed by atoms with Gasteiger partial charge in [-0.2, -0.15) is 0 Å². The van der Waals surface area contributed by atoms with Gasteiger partial charge in [0.25, 0.3) is 0 Å². The van der Waals surface area contributed by atoms with Gasteiger partial charge in [0, 0.05) is 0 Å². The molecule has 0 radical (unpaired) electrons. The highest BCUT2D eigenvalue weighted by molar-refractivity contribution is 5.79. The van der Waals surface area contributed by atoms with Crippen molar-refractivity contribution in [2.24, 2.45) is 5.92 Å². The number of hydrogen-bond acceptors (Lipinski definition) is 4. The Kier molecular flexibility index (Phi) is 7.33. The molecule has 0 bridgehead atoms. The Hall–Kier alpha value is -3.57. The average molecular weight is 459 g/mol. The minimum atomic E-state index is -0.955. The third-order valence-corrected chi connectivity index (χ3v) is 6.37. The molecule has 0 saturated heterocycles. The van der Waals surface area contributed by atoms with Crippen LogP contribution < -0.4 is 9.47 Å². The minimum absolute atomic E-state index is 0.340. The second-order valence-electron chi connectivity index (χ2n) is 8.66. The van der Waals surface area contributed by atoms with Crippen LogP contribution in [0.3, 0.4) is 0 Å². The molecule has 176 valence electrons. The van der Waals surface area contributed by atoms with Crippen LogP contribution in [0, 0.1) is 19.8 Å². The molecule has 0 amide bonds. The van der Waals surface area contributed by atoms with Crippen molar-refractivity contribution in [1.82, 2.24) is 0 Å². The van der Waals surface area contributed by atoms with Gasteiger partial charge in [0.05, 0.1) is 12.5 Å². The highest BCUT2D eigenvalue weighted by Crippen LogP contribution is 2.36. The molecule has 1 unspecified atom stereocenters. The highest BCUT2D eigenvalue weighted by atomic mass is 16.6. The fraction of sp³-hybridized carbons (Fsp3) is 0.276. The van der Waals surface area contributed by atoms with Crippen molar-refractivity contribution in [3.05, 3.63) is 82.4 Å². The van der Waals surface area contributed by atoms with Crippen LogP contribution in [-0.2, 0) is 11.2 Å². The van der Waals surface area contributed by atoms with Crippen molar-refractivity contribution in [2.75, 3.05) is 19.8 Å². The van der Waals surface area contributed by atoms with Crippen LogP contribution in [0.2, 0.25) is 0 Å². The number of ether oxygens (including phenoxy) is 2. The Bertz CT molecular complexity index is 1210. The van der Waals surface area contributed by atoms with E-state index in [1.54, 1.807) is 0 Å². The Morgan fingerprint density at radius 3 is 2.50 bits per heavy atom. The first-order chi connectivity index (χ1) is 16.5. The summed E-state index contributed by atoms with van der Waals surface area (Å²) in [5.74, 6) is -0.120. The molecule has 0 aliphatic carbocycles. The van der Waals surface area contributed by atoms with Crippen molar-refractivity contribution in [2.45, 2.75) is 26.7 Å². The minimum Gasteiger partial charge on any atom is -0.486 e. The number of aliphatic hydroxyl groups excluding tert-OH is 1. The predicted molar refractivity (Wildman–Crippen MR) is 134 cm³/mol. The monoisotopic (exact) mass is 458 g/mol. The maximum Gasteiger partial charge on any atom is 0.308 e. The van der Waals surface area contributed by atoms with Gasteiger partial charge in [-0.05, 0) is 77.8 Å². The van der Waals surface area contributed by atoms with Crippen LogP contribution in [0.15, 0.2) is 54.6 Å². The first-order valence-corrected chi connectivity index (χ1v) is 11.6. The summed E-state index contributed by atoms with van der Waals surface area (Å²) in [6.07, 6.45) is 5.25. The number of hydrogen-bond donors (Lipinski definition) is 2. The summed E-state index contributed by atoms with van der Waals surface area (Å²) in [6.45, 7) is 4.99. The molecule has 4 rings (SSSR count). The van der Waals surface area contributed by atoms with Crippen molar-refractivity contribution in [3.63, 3.8) is 0 Å². The van der Waals surface area contributed by atoms with E-state index in [2.05, 4.69) is 62.4 Å². The standard InChI is InChI=1S/C29H30O5/c1-19-6-7-21(8-9-25(18-30)29(31)32)16-23(19)11-10-22-4-3-5-26(20(22)2)24-12-13-27-28(17-24)34-15-14-33-27/h3-7,10-13,16-17,25,30H,8-9,14-15,18H2,1-2H3,(H,31,32)/b11-10+. The summed E-state index contributed by atoms with van der Waals surface area (Å²) in [5.41, 5.74) is 7.85. The molecule has 34 heavy (non-hydrogen) atoms. The number of aliphatic carboxylic acids is 1. The summed E-state index contributed by atoms with van der Waals surface area (Å²) < 4.78 is 11.4. The number of carboxylic acid groups (broad SMARTS) is 1. The number of carbonyl (C=O) groups is 1. The third kappa shape index (κ3) is 5.32. The van der Waals surface area contributed by atoms with Gasteiger partial charge < -0.3 is 19.7 Å². The molecule has 2 N–H and O–H groups in total. The lowest BCUT2D eigenvalue weighted by atomic mass is 9.94. The van der Waals surface area contributed by atoms with E-state index in [1.807, 2.05) is 18.2 Å². The number of aryl methyl sites for hydroxylation is 2. The van der Waals surface area contributed by atoms with E-state index in [0.717, 1.165) is 44.9 Å². The van der Waals surface area contributed by atoms with E-state index in [9.17, 15) is 9.90 Å². The third-order valence-electron chi connectivity index (χ3n) is 6.37. The van der Waals surface area contributed by atoms with Gasteiger partial charge in [-0.15, -0.1) is 0 Å². The number of rotatable bonds is 8. The van der Waals surface area contributed by atoms with Crippen molar-refractivity contribution in [3.8, 4) is 22.6 Å². The molecule has 1 heterocycles. The van der Waals surface area contributed by atoms with Crippen molar-refractivity contribution in [1.29, 1.82) is 0 Å². The largest absolute Gasteiger partial charge is 0.486 e. The van der Waals surface area contributed by atoms with Gasteiger partial charge in [-0.3, -0.25) is 4.79 Å². The van der Waals surface area contributed by atoms with Gasteiger partial charge in [-0.25, -0.2) is 0 Å². The van der Waals surface area contributed by atoms with Crippen LogP contribution in [-0.4, -0.2) is 36.0 Å². The smallest absolute Gasteiger partial charge is 0.308 e. The lowest BCUT2D eigenvalue weighted by molar-refractivity contribution is -0.143. The first kappa shape index (κ1) is 23.6.